The van der Waals surface area contributed by atoms with Crippen molar-refractivity contribution < 1.29 is 5.11 Å². The number of hydrogen-bond donors (Lipinski definition) is 2. The molecule has 2 saturated heterocycles. The number of pyridine rings is 1. The fourth-order valence-corrected chi connectivity index (χ4v) is 5.04. The molecule has 30 heavy (non-hydrogen) atoms. The van der Waals surface area contributed by atoms with Crippen molar-refractivity contribution in [3.05, 3.63) is 65.1 Å². The second-order valence-corrected chi connectivity index (χ2v) is 8.86. The largest absolute Gasteiger partial charge is 0.368 e. The van der Waals surface area contributed by atoms with Gasteiger partial charge in [0.2, 0.25) is 0 Å². The highest BCUT2D eigenvalue weighted by molar-refractivity contribution is 6.30. The van der Waals surface area contributed by atoms with Crippen LogP contribution in [0, 0.1) is 11.8 Å². The number of nitrogens with zero attached hydrogens (tertiary/aromatic N) is 5. The Labute approximate surface area is 179 Å². The minimum atomic E-state index is -0.779. The molecule has 7 nitrogen and oxygen atoms in total. The van der Waals surface area contributed by atoms with Gasteiger partial charge in [-0.15, -0.1) is 0 Å². The Bertz CT molecular complexity index is 1050. The van der Waals surface area contributed by atoms with E-state index in [1.807, 2.05) is 41.6 Å². The average Bonchev–Trinajstić information content (AvgIpc) is 3.50. The Morgan fingerprint density at radius 1 is 1.00 bits per heavy atom. The van der Waals surface area contributed by atoms with Gasteiger partial charge in [0.1, 0.15) is 11.5 Å². The molecule has 0 amide bonds. The van der Waals surface area contributed by atoms with Gasteiger partial charge in [0.15, 0.2) is 6.23 Å². The number of halogens is 1. The number of aliphatic hydroxyl groups is 1. The van der Waals surface area contributed by atoms with Crippen LogP contribution in [0.1, 0.15) is 17.5 Å². The lowest BCUT2D eigenvalue weighted by Crippen LogP contribution is -2.26. The lowest BCUT2D eigenvalue weighted by Gasteiger charge is -2.24. The molecule has 0 radical (unpaired) electrons. The maximum atomic E-state index is 10.9. The predicted octanol–water partition coefficient (Wildman–Crippen LogP) is 2.59. The fourth-order valence-electron chi connectivity index (χ4n) is 4.92. The van der Waals surface area contributed by atoms with Gasteiger partial charge < -0.3 is 20.2 Å². The summed E-state index contributed by atoms with van der Waals surface area (Å²) >= 11 is 5.97. The predicted molar refractivity (Wildman–Crippen MR) is 116 cm³/mol. The summed E-state index contributed by atoms with van der Waals surface area (Å²) in [5, 5.41) is 19.6. The number of hydrogen-bond acceptors (Lipinski definition) is 6. The van der Waals surface area contributed by atoms with Crippen molar-refractivity contribution in [1.82, 2.24) is 20.1 Å². The minimum Gasteiger partial charge on any atom is -0.368 e. The number of aromatic nitrogens is 3. The van der Waals surface area contributed by atoms with E-state index in [0.29, 0.717) is 17.3 Å². The summed E-state index contributed by atoms with van der Waals surface area (Å²) in [7, 11) is 0. The van der Waals surface area contributed by atoms with Gasteiger partial charge in [0.05, 0.1) is 17.6 Å². The molecule has 0 bridgehead atoms. The van der Waals surface area contributed by atoms with Crippen LogP contribution in [0.5, 0.6) is 0 Å². The van der Waals surface area contributed by atoms with Crippen LogP contribution in [0.25, 0.3) is 5.69 Å². The van der Waals surface area contributed by atoms with Crippen LogP contribution in [0.3, 0.4) is 0 Å². The van der Waals surface area contributed by atoms with Crippen molar-refractivity contribution in [1.29, 1.82) is 0 Å². The molecule has 0 saturated carbocycles. The molecule has 0 spiro atoms. The van der Waals surface area contributed by atoms with Gasteiger partial charge in [-0.25, -0.2) is 9.67 Å². The molecule has 154 valence electrons. The zero-order valence-corrected chi connectivity index (χ0v) is 17.2. The highest BCUT2D eigenvalue weighted by Gasteiger charge is 2.37. The zero-order chi connectivity index (χ0) is 20.2. The third kappa shape index (κ3) is 2.96. The summed E-state index contributed by atoms with van der Waals surface area (Å²) in [6, 6.07) is 11.6. The quantitative estimate of drug-likeness (QED) is 0.676. The number of nitrogens with one attached hydrogen (secondary N) is 1. The maximum absolute atomic E-state index is 10.9. The Morgan fingerprint density at radius 3 is 2.40 bits per heavy atom. The van der Waals surface area contributed by atoms with Gasteiger partial charge in [-0.3, -0.25) is 0 Å². The van der Waals surface area contributed by atoms with Gasteiger partial charge >= 0.3 is 0 Å². The molecule has 3 aliphatic heterocycles. The second kappa shape index (κ2) is 6.97. The van der Waals surface area contributed by atoms with E-state index in [4.69, 9.17) is 16.6 Å². The number of aliphatic hydroxyl groups excluding tert-OH is 1. The molecule has 3 atom stereocenters. The van der Waals surface area contributed by atoms with Crippen LogP contribution < -0.4 is 15.1 Å². The topological polar surface area (TPSA) is 69.5 Å². The van der Waals surface area contributed by atoms with E-state index < -0.39 is 6.23 Å². The van der Waals surface area contributed by atoms with Crippen LogP contribution >= 0.6 is 11.6 Å². The lowest BCUT2D eigenvalue weighted by molar-refractivity contribution is 0.176. The number of anilines is 2. The zero-order valence-electron chi connectivity index (χ0n) is 16.4. The lowest BCUT2D eigenvalue weighted by atomic mass is 10.0. The molecule has 3 unspecified atom stereocenters. The Balaban J connectivity index is 1.18. The van der Waals surface area contributed by atoms with Gasteiger partial charge in [0, 0.05) is 49.5 Å². The molecule has 1 aromatic carbocycles. The van der Waals surface area contributed by atoms with Crippen LogP contribution in [0.4, 0.5) is 11.5 Å². The van der Waals surface area contributed by atoms with E-state index in [0.717, 1.165) is 60.8 Å². The van der Waals surface area contributed by atoms with Crippen molar-refractivity contribution in [2.24, 2.45) is 11.8 Å². The van der Waals surface area contributed by atoms with Crippen LogP contribution in [0.15, 0.2) is 48.8 Å². The molecule has 5 heterocycles. The first-order valence-electron chi connectivity index (χ1n) is 10.4. The first-order chi connectivity index (χ1) is 14.7. The van der Waals surface area contributed by atoms with Crippen LogP contribution in [-0.2, 0) is 6.54 Å². The molecular formula is C22H23ClN6O. The van der Waals surface area contributed by atoms with E-state index >= 15 is 0 Å². The molecule has 3 aromatic rings. The first kappa shape index (κ1) is 18.2. The third-order valence-corrected chi connectivity index (χ3v) is 6.82. The third-order valence-electron chi connectivity index (χ3n) is 6.57. The van der Waals surface area contributed by atoms with E-state index in [2.05, 4.69) is 27.4 Å². The molecule has 6 rings (SSSR count). The van der Waals surface area contributed by atoms with Crippen molar-refractivity contribution in [2.45, 2.75) is 12.8 Å². The van der Waals surface area contributed by atoms with E-state index in [-0.39, 0.29) is 0 Å². The normalized spacial score (nSPS) is 25.1. The van der Waals surface area contributed by atoms with Crippen molar-refractivity contribution in [2.75, 3.05) is 36.0 Å². The van der Waals surface area contributed by atoms with Crippen molar-refractivity contribution in [3.63, 3.8) is 0 Å². The van der Waals surface area contributed by atoms with E-state index in [1.165, 1.54) is 0 Å². The molecule has 8 heteroatoms. The van der Waals surface area contributed by atoms with E-state index in [1.54, 1.807) is 4.68 Å². The standard InChI is InChI=1S/C22H23ClN6O/c23-17-1-3-18(4-2-17)29-13-16-12-28(22(30)21(16)26-29)19-5-6-20(25-9-19)27-10-14-7-24-8-15(14)11-27/h1-6,9,13-15,22,24,30H,7-8,10-12H2. The monoisotopic (exact) mass is 422 g/mol. The highest BCUT2D eigenvalue weighted by Crippen LogP contribution is 2.36. The number of fused-ring (bicyclic) bond motifs is 2. The smallest absolute Gasteiger partial charge is 0.173 e. The van der Waals surface area contributed by atoms with Crippen LogP contribution in [-0.4, -0.2) is 46.1 Å². The highest BCUT2D eigenvalue weighted by atomic mass is 35.5. The summed E-state index contributed by atoms with van der Waals surface area (Å²) in [5.74, 6) is 2.49. The SMILES string of the molecule is OC1c2nn(-c3ccc(Cl)cc3)cc2CN1c1ccc(N2CC3CNCC3C2)nc1. The fraction of sp³-hybridized carbons (Fsp3) is 0.364. The number of rotatable bonds is 3. The summed E-state index contributed by atoms with van der Waals surface area (Å²) < 4.78 is 1.79. The Hall–Kier alpha value is -2.61. The summed E-state index contributed by atoms with van der Waals surface area (Å²) in [4.78, 5) is 9.02. The summed E-state index contributed by atoms with van der Waals surface area (Å²) in [6.45, 7) is 4.97. The number of benzene rings is 1. The molecule has 0 aliphatic carbocycles. The summed E-state index contributed by atoms with van der Waals surface area (Å²) in [6.07, 6.45) is 3.06. The Kier molecular flexibility index (Phi) is 4.23. The molecular weight excluding hydrogens is 400 g/mol. The molecule has 2 aromatic heterocycles. The van der Waals surface area contributed by atoms with Gasteiger partial charge in [-0.05, 0) is 48.2 Å². The molecule has 2 N–H and O–H groups in total. The second-order valence-electron chi connectivity index (χ2n) is 8.42. The first-order valence-corrected chi connectivity index (χ1v) is 10.7. The van der Waals surface area contributed by atoms with Gasteiger partial charge in [-0.2, -0.15) is 5.10 Å². The average molecular weight is 423 g/mol. The summed E-state index contributed by atoms with van der Waals surface area (Å²) in [5.41, 5.74) is 3.53. The van der Waals surface area contributed by atoms with Gasteiger partial charge in [0.25, 0.3) is 0 Å². The van der Waals surface area contributed by atoms with Crippen molar-refractivity contribution in [3.8, 4) is 5.69 Å². The Morgan fingerprint density at radius 2 is 1.73 bits per heavy atom. The van der Waals surface area contributed by atoms with E-state index in [9.17, 15) is 5.11 Å². The minimum absolute atomic E-state index is 0.602. The van der Waals surface area contributed by atoms with Gasteiger partial charge in [-0.1, -0.05) is 11.6 Å². The molecule has 2 fully saturated rings. The molecule has 3 aliphatic rings. The van der Waals surface area contributed by atoms with Crippen molar-refractivity contribution >= 4 is 23.1 Å². The van der Waals surface area contributed by atoms with Crippen LogP contribution in [0.2, 0.25) is 5.02 Å². The maximum Gasteiger partial charge on any atom is 0.173 e.